The molecule has 0 saturated heterocycles. The molecule has 3 aromatic rings. The zero-order chi connectivity index (χ0) is 17.3. The smallest absolute Gasteiger partial charge is 0.255 e. The van der Waals surface area contributed by atoms with Crippen LogP contribution in [0.15, 0.2) is 24.3 Å². The predicted octanol–water partition coefficient (Wildman–Crippen LogP) is 3.28. The third-order valence-corrected chi connectivity index (χ3v) is 3.60. The first-order chi connectivity index (χ1) is 11.5. The van der Waals surface area contributed by atoms with Gasteiger partial charge in [-0.25, -0.2) is 9.37 Å². The van der Waals surface area contributed by atoms with E-state index in [2.05, 4.69) is 15.1 Å². The molecule has 7 heteroatoms. The third kappa shape index (κ3) is 3.15. The summed E-state index contributed by atoms with van der Waals surface area (Å²) in [6.45, 7) is 6.10. The Balaban J connectivity index is 1.90. The van der Waals surface area contributed by atoms with Gasteiger partial charge in [0, 0.05) is 6.07 Å². The molecule has 2 heterocycles. The highest BCUT2D eigenvalue weighted by Gasteiger charge is 2.13. The van der Waals surface area contributed by atoms with Gasteiger partial charge in [-0.3, -0.25) is 0 Å². The lowest BCUT2D eigenvalue weighted by molar-refractivity contribution is 0.283. The van der Waals surface area contributed by atoms with Crippen molar-refractivity contribution >= 4 is 5.78 Å². The molecule has 0 aliphatic carbocycles. The summed E-state index contributed by atoms with van der Waals surface area (Å²) in [6, 6.07) is 6.57. The van der Waals surface area contributed by atoms with Crippen molar-refractivity contribution in [3.05, 3.63) is 47.2 Å². The van der Waals surface area contributed by atoms with Crippen molar-refractivity contribution in [3.63, 3.8) is 0 Å². The van der Waals surface area contributed by atoms with Crippen LogP contribution in [-0.4, -0.2) is 26.7 Å². The molecular weight excluding hydrogens is 311 g/mol. The van der Waals surface area contributed by atoms with Gasteiger partial charge < -0.3 is 9.47 Å². The fourth-order valence-corrected chi connectivity index (χ4v) is 2.32. The molecule has 24 heavy (non-hydrogen) atoms. The Morgan fingerprint density at radius 2 is 2.00 bits per heavy atom. The van der Waals surface area contributed by atoms with E-state index >= 15 is 0 Å². The molecule has 0 saturated carbocycles. The Morgan fingerprint density at radius 3 is 2.67 bits per heavy atom. The number of hydrogen-bond donors (Lipinski definition) is 0. The molecular formula is C17H19FN4O2. The molecule has 0 unspecified atom stereocenters. The number of fused-ring (bicyclic) bond motifs is 1. The molecule has 0 atom stereocenters. The van der Waals surface area contributed by atoms with Gasteiger partial charge in [-0.05, 0) is 30.5 Å². The summed E-state index contributed by atoms with van der Waals surface area (Å²) in [7, 11) is 1.43. The SMILES string of the molecule is COc1ccc(COc2cc(C(C)C)nc3nc(C)nn23)cc1F. The molecule has 0 aliphatic heterocycles. The summed E-state index contributed by atoms with van der Waals surface area (Å²) in [5, 5.41) is 4.29. The Labute approximate surface area is 139 Å². The molecule has 0 aliphatic rings. The van der Waals surface area contributed by atoms with Crippen molar-refractivity contribution in [2.75, 3.05) is 7.11 Å². The summed E-state index contributed by atoms with van der Waals surface area (Å²) in [6.07, 6.45) is 0. The molecule has 0 N–H and O–H groups in total. The van der Waals surface area contributed by atoms with E-state index in [1.54, 1.807) is 23.6 Å². The molecule has 2 aromatic heterocycles. The summed E-state index contributed by atoms with van der Waals surface area (Å²) in [4.78, 5) is 8.77. The number of aryl methyl sites for hydroxylation is 1. The van der Waals surface area contributed by atoms with Gasteiger partial charge in [-0.1, -0.05) is 19.9 Å². The van der Waals surface area contributed by atoms with E-state index in [4.69, 9.17) is 9.47 Å². The van der Waals surface area contributed by atoms with Gasteiger partial charge in [0.2, 0.25) is 5.88 Å². The minimum atomic E-state index is -0.419. The van der Waals surface area contributed by atoms with Crippen molar-refractivity contribution in [2.45, 2.75) is 33.3 Å². The molecule has 0 radical (unpaired) electrons. The maximum Gasteiger partial charge on any atom is 0.255 e. The van der Waals surface area contributed by atoms with Gasteiger partial charge in [0.25, 0.3) is 5.78 Å². The lowest BCUT2D eigenvalue weighted by Crippen LogP contribution is -2.06. The lowest BCUT2D eigenvalue weighted by Gasteiger charge is -2.11. The minimum absolute atomic E-state index is 0.205. The van der Waals surface area contributed by atoms with E-state index in [0.717, 1.165) is 5.69 Å². The van der Waals surface area contributed by atoms with Gasteiger partial charge in [0.1, 0.15) is 12.4 Å². The van der Waals surface area contributed by atoms with Crippen molar-refractivity contribution in [2.24, 2.45) is 0 Å². The lowest BCUT2D eigenvalue weighted by atomic mass is 10.1. The Hall–Kier alpha value is -2.70. The first-order valence-corrected chi connectivity index (χ1v) is 7.67. The second kappa shape index (κ2) is 6.43. The van der Waals surface area contributed by atoms with Crippen LogP contribution in [0.4, 0.5) is 4.39 Å². The zero-order valence-corrected chi connectivity index (χ0v) is 14.1. The molecule has 0 bridgehead atoms. The second-order valence-corrected chi connectivity index (χ2v) is 5.80. The maximum atomic E-state index is 13.8. The zero-order valence-electron chi connectivity index (χ0n) is 14.1. The van der Waals surface area contributed by atoms with E-state index in [1.165, 1.54) is 13.2 Å². The van der Waals surface area contributed by atoms with Crippen LogP contribution in [-0.2, 0) is 6.61 Å². The van der Waals surface area contributed by atoms with Gasteiger partial charge >= 0.3 is 0 Å². The van der Waals surface area contributed by atoms with Crippen molar-refractivity contribution in [1.29, 1.82) is 0 Å². The fraction of sp³-hybridized carbons (Fsp3) is 0.353. The number of benzene rings is 1. The summed E-state index contributed by atoms with van der Waals surface area (Å²) in [5.41, 5.74) is 1.56. The van der Waals surface area contributed by atoms with Crippen LogP contribution in [0.1, 0.15) is 36.8 Å². The molecule has 0 fully saturated rings. The largest absolute Gasteiger partial charge is 0.494 e. The normalized spacial score (nSPS) is 11.2. The number of methoxy groups -OCH3 is 1. The Morgan fingerprint density at radius 1 is 1.21 bits per heavy atom. The summed E-state index contributed by atoms with van der Waals surface area (Å²) >= 11 is 0. The Kier molecular flexibility index (Phi) is 4.33. The number of halogens is 1. The summed E-state index contributed by atoms with van der Waals surface area (Å²) < 4.78 is 26.1. The molecule has 126 valence electrons. The van der Waals surface area contributed by atoms with E-state index in [0.29, 0.717) is 23.0 Å². The minimum Gasteiger partial charge on any atom is -0.494 e. The van der Waals surface area contributed by atoms with E-state index in [9.17, 15) is 4.39 Å². The van der Waals surface area contributed by atoms with Crippen LogP contribution in [0.5, 0.6) is 11.6 Å². The highest BCUT2D eigenvalue weighted by Crippen LogP contribution is 2.22. The number of nitrogens with zero attached hydrogens (tertiary/aromatic N) is 4. The van der Waals surface area contributed by atoms with Crippen molar-refractivity contribution in [3.8, 4) is 11.6 Å². The first-order valence-electron chi connectivity index (χ1n) is 7.67. The van der Waals surface area contributed by atoms with Crippen LogP contribution in [0.25, 0.3) is 5.78 Å². The average molecular weight is 330 g/mol. The monoisotopic (exact) mass is 330 g/mol. The highest BCUT2D eigenvalue weighted by molar-refractivity contribution is 5.36. The van der Waals surface area contributed by atoms with Gasteiger partial charge in [0.15, 0.2) is 11.6 Å². The standard InChI is InChI=1S/C17H19FN4O2/c1-10(2)14-8-16(22-17(20-14)19-11(3)21-22)24-9-12-5-6-15(23-4)13(18)7-12/h5-8,10H,9H2,1-4H3. The van der Waals surface area contributed by atoms with Gasteiger partial charge in [-0.2, -0.15) is 9.50 Å². The predicted molar refractivity (Wildman–Crippen MR) is 86.9 cm³/mol. The molecule has 3 rings (SSSR count). The third-order valence-electron chi connectivity index (χ3n) is 3.60. The molecule has 6 nitrogen and oxygen atoms in total. The number of rotatable bonds is 5. The summed E-state index contributed by atoms with van der Waals surface area (Å²) in [5.74, 6) is 1.66. The quantitative estimate of drug-likeness (QED) is 0.718. The second-order valence-electron chi connectivity index (χ2n) is 5.80. The number of aromatic nitrogens is 4. The van der Waals surface area contributed by atoms with Gasteiger partial charge in [-0.15, -0.1) is 5.10 Å². The Bertz CT molecular complexity index is 876. The first kappa shape index (κ1) is 16.2. The average Bonchev–Trinajstić information content (AvgIpc) is 2.92. The molecule has 1 aromatic carbocycles. The fourth-order valence-electron chi connectivity index (χ4n) is 2.32. The number of ether oxygens (including phenoxy) is 2. The molecule has 0 amide bonds. The van der Waals surface area contributed by atoms with Crippen LogP contribution in [0.2, 0.25) is 0 Å². The van der Waals surface area contributed by atoms with Crippen LogP contribution in [0, 0.1) is 12.7 Å². The van der Waals surface area contributed by atoms with Crippen molar-refractivity contribution < 1.29 is 13.9 Å². The van der Waals surface area contributed by atoms with Crippen LogP contribution < -0.4 is 9.47 Å². The topological polar surface area (TPSA) is 61.5 Å². The van der Waals surface area contributed by atoms with E-state index in [-0.39, 0.29) is 18.3 Å². The van der Waals surface area contributed by atoms with Crippen molar-refractivity contribution in [1.82, 2.24) is 19.6 Å². The maximum absolute atomic E-state index is 13.8. The number of hydrogen-bond acceptors (Lipinski definition) is 5. The van der Waals surface area contributed by atoms with Gasteiger partial charge in [0.05, 0.1) is 12.8 Å². The van der Waals surface area contributed by atoms with Crippen LogP contribution in [0.3, 0.4) is 0 Å². The van der Waals surface area contributed by atoms with E-state index in [1.807, 2.05) is 19.9 Å². The highest BCUT2D eigenvalue weighted by atomic mass is 19.1. The van der Waals surface area contributed by atoms with E-state index < -0.39 is 5.82 Å². The molecule has 0 spiro atoms. The van der Waals surface area contributed by atoms with Crippen LogP contribution >= 0.6 is 0 Å².